The van der Waals surface area contributed by atoms with E-state index in [0.29, 0.717) is 5.92 Å². The summed E-state index contributed by atoms with van der Waals surface area (Å²) in [6.07, 6.45) is 8.78. The second kappa shape index (κ2) is 6.53. The fourth-order valence-electron chi connectivity index (χ4n) is 4.11. The molecule has 0 saturated heterocycles. The second-order valence-corrected chi connectivity index (χ2v) is 7.77. The summed E-state index contributed by atoms with van der Waals surface area (Å²) >= 11 is 1.63. The summed E-state index contributed by atoms with van der Waals surface area (Å²) in [6.45, 7) is 3.79. The minimum absolute atomic E-state index is 0.0883. The number of amides is 1. The van der Waals surface area contributed by atoms with Crippen LogP contribution in [0.1, 0.15) is 73.2 Å². The highest BCUT2D eigenvalue weighted by Gasteiger charge is 2.32. The van der Waals surface area contributed by atoms with Gasteiger partial charge in [-0.3, -0.25) is 9.59 Å². The van der Waals surface area contributed by atoms with Crippen LogP contribution < -0.4 is 5.32 Å². The summed E-state index contributed by atoms with van der Waals surface area (Å²) in [4.78, 5) is 26.0. The van der Waals surface area contributed by atoms with Crippen LogP contribution in [0.5, 0.6) is 0 Å². The molecule has 0 aromatic carbocycles. The smallest absolute Gasteiger partial charge is 0.228 e. The number of anilines is 1. The number of nitrogens with one attached hydrogen (secondary N) is 1. The fourth-order valence-corrected chi connectivity index (χ4v) is 5.45. The molecule has 1 aromatic rings. The van der Waals surface area contributed by atoms with Gasteiger partial charge in [-0.2, -0.15) is 0 Å². The van der Waals surface area contributed by atoms with E-state index < -0.39 is 0 Å². The number of hydrogen-bond acceptors (Lipinski definition) is 3. The van der Waals surface area contributed by atoms with Crippen molar-refractivity contribution in [3.63, 3.8) is 0 Å². The molecule has 120 valence electrons. The van der Waals surface area contributed by atoms with Crippen molar-refractivity contribution in [1.82, 2.24) is 0 Å². The van der Waals surface area contributed by atoms with Gasteiger partial charge >= 0.3 is 0 Å². The minimum Gasteiger partial charge on any atom is -0.317 e. The second-order valence-electron chi connectivity index (χ2n) is 6.67. The Morgan fingerprint density at radius 2 is 1.95 bits per heavy atom. The lowest BCUT2D eigenvalue weighted by Crippen LogP contribution is -2.31. The zero-order chi connectivity index (χ0) is 15.7. The molecule has 1 amide bonds. The van der Waals surface area contributed by atoms with Gasteiger partial charge in [-0.1, -0.05) is 26.2 Å². The molecular weight excluding hydrogens is 294 g/mol. The summed E-state index contributed by atoms with van der Waals surface area (Å²) in [7, 11) is 0. The van der Waals surface area contributed by atoms with Crippen molar-refractivity contribution in [2.45, 2.75) is 65.2 Å². The van der Waals surface area contributed by atoms with Crippen LogP contribution in [0, 0.1) is 11.8 Å². The largest absolute Gasteiger partial charge is 0.317 e. The number of carbonyl (C=O) groups excluding carboxylic acids is 2. The first-order chi connectivity index (χ1) is 10.6. The third-order valence-corrected chi connectivity index (χ3v) is 6.49. The van der Waals surface area contributed by atoms with Crippen LogP contribution in [0.3, 0.4) is 0 Å². The number of Topliss-reactive ketones (excluding diaryl/α,β-unsaturated/α-hetero) is 1. The highest BCUT2D eigenvalue weighted by atomic mass is 32.1. The predicted octanol–water partition coefficient (Wildman–Crippen LogP) is 4.59. The highest BCUT2D eigenvalue weighted by Crippen LogP contribution is 2.40. The van der Waals surface area contributed by atoms with E-state index in [-0.39, 0.29) is 17.6 Å². The van der Waals surface area contributed by atoms with Gasteiger partial charge in [-0.05, 0) is 50.5 Å². The summed E-state index contributed by atoms with van der Waals surface area (Å²) in [5, 5.41) is 3.92. The fraction of sp³-hybridized carbons (Fsp3) is 0.667. The van der Waals surface area contributed by atoms with E-state index in [2.05, 4.69) is 12.2 Å². The van der Waals surface area contributed by atoms with Crippen molar-refractivity contribution < 1.29 is 9.59 Å². The molecule has 4 heteroatoms. The predicted molar refractivity (Wildman–Crippen MR) is 90.7 cm³/mol. The Balaban J connectivity index is 1.81. The number of thiophene rings is 1. The summed E-state index contributed by atoms with van der Waals surface area (Å²) in [6, 6.07) is 0. The van der Waals surface area contributed by atoms with Crippen LogP contribution in [0.2, 0.25) is 0 Å². The van der Waals surface area contributed by atoms with Gasteiger partial charge in [-0.15, -0.1) is 11.3 Å². The maximum Gasteiger partial charge on any atom is 0.228 e. The van der Waals surface area contributed by atoms with Crippen LogP contribution in [-0.2, 0) is 17.6 Å². The highest BCUT2D eigenvalue weighted by molar-refractivity contribution is 7.17. The molecule has 0 radical (unpaired) electrons. The van der Waals surface area contributed by atoms with Crippen molar-refractivity contribution in [3.05, 3.63) is 16.0 Å². The third-order valence-electron chi connectivity index (χ3n) is 5.28. The van der Waals surface area contributed by atoms with Crippen LogP contribution in [0.25, 0.3) is 0 Å². The summed E-state index contributed by atoms with van der Waals surface area (Å²) < 4.78 is 0. The number of ketones is 1. The quantitative estimate of drug-likeness (QED) is 0.825. The molecule has 2 aliphatic carbocycles. The van der Waals surface area contributed by atoms with E-state index in [1.165, 1.54) is 16.9 Å². The zero-order valence-electron chi connectivity index (χ0n) is 13.5. The van der Waals surface area contributed by atoms with E-state index >= 15 is 0 Å². The number of fused-ring (bicyclic) bond motifs is 1. The van der Waals surface area contributed by atoms with Gasteiger partial charge in [0.25, 0.3) is 0 Å². The molecule has 1 N–H and O–H groups in total. The van der Waals surface area contributed by atoms with Crippen molar-refractivity contribution in [2.75, 3.05) is 5.32 Å². The molecule has 2 aliphatic rings. The van der Waals surface area contributed by atoms with Crippen LogP contribution >= 0.6 is 11.3 Å². The van der Waals surface area contributed by atoms with Gasteiger partial charge in [0.05, 0.1) is 5.56 Å². The molecule has 1 aromatic heterocycles. The Morgan fingerprint density at radius 3 is 2.68 bits per heavy atom. The summed E-state index contributed by atoms with van der Waals surface area (Å²) in [5.41, 5.74) is 1.98. The van der Waals surface area contributed by atoms with Crippen LogP contribution in [-0.4, -0.2) is 11.7 Å². The molecule has 2 unspecified atom stereocenters. The molecule has 0 aliphatic heterocycles. The molecule has 1 heterocycles. The van der Waals surface area contributed by atoms with Crippen molar-refractivity contribution >= 4 is 28.0 Å². The maximum absolute atomic E-state index is 12.7. The van der Waals surface area contributed by atoms with Crippen molar-refractivity contribution in [3.8, 4) is 0 Å². The Morgan fingerprint density at radius 1 is 1.18 bits per heavy atom. The van der Waals surface area contributed by atoms with Crippen molar-refractivity contribution in [2.24, 2.45) is 11.8 Å². The van der Waals surface area contributed by atoms with E-state index in [1.807, 2.05) is 0 Å². The SMILES string of the molecule is CCC1CCCCC1C(=O)Nc1sc2c(c1C(C)=O)CCC2. The molecule has 0 bridgehead atoms. The van der Waals surface area contributed by atoms with Gasteiger partial charge in [0, 0.05) is 10.8 Å². The van der Waals surface area contributed by atoms with E-state index in [1.54, 1.807) is 18.3 Å². The van der Waals surface area contributed by atoms with Gasteiger partial charge < -0.3 is 5.32 Å². The Labute approximate surface area is 136 Å². The average molecular weight is 319 g/mol. The first-order valence-corrected chi connectivity index (χ1v) is 9.39. The number of carbonyl (C=O) groups is 2. The third kappa shape index (κ3) is 2.85. The molecule has 22 heavy (non-hydrogen) atoms. The lowest BCUT2D eigenvalue weighted by atomic mass is 9.77. The minimum atomic E-state index is 0.0883. The topological polar surface area (TPSA) is 46.2 Å². The Bertz CT molecular complexity index is 590. The van der Waals surface area contributed by atoms with Crippen molar-refractivity contribution in [1.29, 1.82) is 0 Å². The molecule has 2 atom stereocenters. The molecular formula is C18H25NO2S. The lowest BCUT2D eigenvalue weighted by Gasteiger charge is -2.29. The monoisotopic (exact) mass is 319 g/mol. The molecule has 1 fully saturated rings. The zero-order valence-corrected chi connectivity index (χ0v) is 14.4. The Hall–Kier alpha value is -1.16. The number of rotatable bonds is 4. The average Bonchev–Trinajstić information content (AvgIpc) is 3.06. The Kier molecular flexibility index (Phi) is 4.67. The van der Waals surface area contributed by atoms with E-state index in [4.69, 9.17) is 0 Å². The first-order valence-electron chi connectivity index (χ1n) is 8.58. The van der Waals surface area contributed by atoms with E-state index in [9.17, 15) is 9.59 Å². The lowest BCUT2D eigenvalue weighted by molar-refractivity contribution is -0.122. The molecule has 1 saturated carbocycles. The summed E-state index contributed by atoms with van der Waals surface area (Å²) in [5.74, 6) is 0.844. The van der Waals surface area contributed by atoms with Crippen LogP contribution in [0.15, 0.2) is 0 Å². The van der Waals surface area contributed by atoms with Crippen LogP contribution in [0.4, 0.5) is 5.00 Å². The molecule has 3 rings (SSSR count). The van der Waals surface area contributed by atoms with Gasteiger partial charge in [-0.25, -0.2) is 0 Å². The van der Waals surface area contributed by atoms with Gasteiger partial charge in [0.1, 0.15) is 5.00 Å². The first kappa shape index (κ1) is 15.7. The van der Waals surface area contributed by atoms with Gasteiger partial charge in [0.2, 0.25) is 5.91 Å². The molecule has 0 spiro atoms. The van der Waals surface area contributed by atoms with Gasteiger partial charge in [0.15, 0.2) is 5.78 Å². The maximum atomic E-state index is 12.7. The normalized spacial score (nSPS) is 24.1. The molecule has 3 nitrogen and oxygen atoms in total. The van der Waals surface area contributed by atoms with E-state index in [0.717, 1.165) is 55.5 Å². The number of aryl methyl sites for hydroxylation is 1. The standard InChI is InChI=1S/C18H25NO2S/c1-3-12-7-4-5-8-13(12)17(21)19-18-16(11(2)20)14-9-6-10-15(14)22-18/h12-13H,3-10H2,1-2H3,(H,19,21). The number of hydrogen-bond donors (Lipinski definition) is 1.